The quantitative estimate of drug-likeness (QED) is 0.307. The SMILES string of the molecule is Cn1cnc(-c2c(NCc3ccc(C(F)(F)F)cc3)ccc(C(N)=O)c2CCOCCOCCN)c1. The molecule has 0 bridgehead atoms. The number of amides is 1. The molecule has 5 N–H and O–H groups in total. The number of carbonyl (C=O) groups excluding carboxylic acids is 1. The third-order valence-corrected chi connectivity index (χ3v) is 5.43. The van der Waals surface area contributed by atoms with Crippen molar-refractivity contribution in [2.75, 3.05) is 38.3 Å². The monoisotopic (exact) mass is 505 g/mol. The summed E-state index contributed by atoms with van der Waals surface area (Å²) in [6.07, 6.45) is -0.553. The lowest BCUT2D eigenvalue weighted by atomic mass is 9.94. The van der Waals surface area contributed by atoms with Crippen LogP contribution >= 0.6 is 0 Å². The molecule has 3 rings (SSSR count). The number of imidazole rings is 1. The van der Waals surface area contributed by atoms with Gasteiger partial charge in [-0.05, 0) is 41.8 Å². The lowest BCUT2D eigenvalue weighted by Gasteiger charge is -2.18. The minimum Gasteiger partial charge on any atom is -0.380 e. The summed E-state index contributed by atoms with van der Waals surface area (Å²) in [4.78, 5) is 16.7. The topological polar surface area (TPSA) is 117 Å². The largest absolute Gasteiger partial charge is 0.416 e. The minimum absolute atomic E-state index is 0.266. The van der Waals surface area contributed by atoms with E-state index in [2.05, 4.69) is 10.3 Å². The Bertz CT molecular complexity index is 1150. The third kappa shape index (κ3) is 7.30. The fourth-order valence-corrected chi connectivity index (χ4v) is 3.71. The lowest BCUT2D eigenvalue weighted by molar-refractivity contribution is -0.137. The number of alkyl halides is 3. The van der Waals surface area contributed by atoms with Crippen LogP contribution in [0, 0.1) is 0 Å². The number of nitrogens with two attached hydrogens (primary N) is 2. The van der Waals surface area contributed by atoms with Crippen molar-refractivity contribution in [2.45, 2.75) is 19.1 Å². The van der Waals surface area contributed by atoms with Crippen LogP contribution < -0.4 is 16.8 Å². The Kier molecular flexibility index (Phi) is 9.45. The number of primary amides is 1. The van der Waals surface area contributed by atoms with E-state index in [1.165, 1.54) is 12.1 Å². The van der Waals surface area contributed by atoms with E-state index in [1.54, 1.807) is 23.0 Å². The first-order valence-corrected chi connectivity index (χ1v) is 11.4. The summed E-state index contributed by atoms with van der Waals surface area (Å²) < 4.78 is 51.4. The van der Waals surface area contributed by atoms with Crippen LogP contribution in [0.25, 0.3) is 11.3 Å². The number of benzene rings is 2. The van der Waals surface area contributed by atoms with Crippen LogP contribution in [0.4, 0.5) is 18.9 Å². The molecular formula is C25H30F3N5O3. The summed E-state index contributed by atoms with van der Waals surface area (Å²) in [5.41, 5.74) is 14.0. The zero-order chi connectivity index (χ0) is 26.1. The van der Waals surface area contributed by atoms with Gasteiger partial charge >= 0.3 is 6.18 Å². The predicted molar refractivity (Wildman–Crippen MR) is 130 cm³/mol. The molecule has 0 aliphatic rings. The zero-order valence-corrected chi connectivity index (χ0v) is 20.0. The summed E-state index contributed by atoms with van der Waals surface area (Å²) in [6, 6.07) is 8.30. The molecule has 0 fully saturated rings. The molecule has 1 aromatic heterocycles. The molecule has 36 heavy (non-hydrogen) atoms. The van der Waals surface area contributed by atoms with Crippen molar-refractivity contribution >= 4 is 11.6 Å². The minimum atomic E-state index is -4.39. The molecule has 0 unspecified atom stereocenters. The standard InChI is InChI=1S/C25H30F3N5O3/c1-33-15-22(32-16-33)23-19(8-10-35-12-13-36-11-9-29)20(24(30)34)6-7-21(23)31-14-17-2-4-18(5-3-17)25(26,27)28/h2-7,15-16,31H,8-14,29H2,1H3,(H2,30,34). The van der Waals surface area contributed by atoms with E-state index in [1.807, 2.05) is 13.2 Å². The van der Waals surface area contributed by atoms with Crippen molar-refractivity contribution in [3.05, 3.63) is 71.2 Å². The number of hydrogen-bond donors (Lipinski definition) is 3. The van der Waals surface area contributed by atoms with Crippen molar-refractivity contribution in [1.29, 1.82) is 0 Å². The molecule has 0 atom stereocenters. The Morgan fingerprint density at radius 2 is 1.75 bits per heavy atom. The van der Waals surface area contributed by atoms with Crippen molar-refractivity contribution in [2.24, 2.45) is 18.5 Å². The summed E-state index contributed by atoms with van der Waals surface area (Å²) in [6.45, 7) is 2.24. The van der Waals surface area contributed by atoms with Crippen LogP contribution in [-0.2, 0) is 35.7 Å². The van der Waals surface area contributed by atoms with Gasteiger partial charge in [-0.1, -0.05) is 12.1 Å². The maximum absolute atomic E-state index is 12.9. The van der Waals surface area contributed by atoms with Crippen LogP contribution in [0.2, 0.25) is 0 Å². The number of aromatic nitrogens is 2. The molecule has 0 aliphatic carbocycles. The van der Waals surface area contributed by atoms with Gasteiger partial charge in [0.1, 0.15) is 0 Å². The Balaban J connectivity index is 1.85. The molecule has 1 amide bonds. The number of rotatable bonds is 13. The van der Waals surface area contributed by atoms with Crippen LogP contribution in [0.1, 0.15) is 27.0 Å². The van der Waals surface area contributed by atoms with Crippen LogP contribution in [0.3, 0.4) is 0 Å². The molecule has 0 saturated heterocycles. The molecule has 1 heterocycles. The highest BCUT2D eigenvalue weighted by molar-refractivity contribution is 5.98. The van der Waals surface area contributed by atoms with Crippen molar-refractivity contribution in [3.8, 4) is 11.3 Å². The van der Waals surface area contributed by atoms with Crippen molar-refractivity contribution in [3.63, 3.8) is 0 Å². The first-order chi connectivity index (χ1) is 17.2. The number of carbonyl (C=O) groups is 1. The number of nitrogens with zero attached hydrogens (tertiary/aromatic N) is 2. The highest BCUT2D eigenvalue weighted by atomic mass is 19.4. The molecule has 0 spiro atoms. The molecule has 0 radical (unpaired) electrons. The van der Waals surface area contributed by atoms with Crippen LogP contribution in [-0.4, -0.2) is 48.4 Å². The van der Waals surface area contributed by atoms with Crippen molar-refractivity contribution < 1.29 is 27.4 Å². The van der Waals surface area contributed by atoms with E-state index >= 15 is 0 Å². The maximum atomic E-state index is 12.9. The van der Waals surface area contributed by atoms with E-state index in [0.717, 1.165) is 12.1 Å². The zero-order valence-electron chi connectivity index (χ0n) is 20.0. The molecule has 0 saturated carbocycles. The van der Waals surface area contributed by atoms with Gasteiger partial charge in [-0.15, -0.1) is 0 Å². The van der Waals surface area contributed by atoms with Gasteiger partial charge in [-0.2, -0.15) is 13.2 Å². The summed E-state index contributed by atoms with van der Waals surface area (Å²) in [5.74, 6) is -0.581. The van der Waals surface area contributed by atoms with Gasteiger partial charge in [0.25, 0.3) is 0 Å². The Morgan fingerprint density at radius 1 is 1.06 bits per heavy atom. The second-order valence-electron chi connectivity index (χ2n) is 8.11. The highest BCUT2D eigenvalue weighted by Crippen LogP contribution is 2.34. The summed E-state index contributed by atoms with van der Waals surface area (Å²) >= 11 is 0. The second-order valence-corrected chi connectivity index (χ2v) is 8.11. The number of hydrogen-bond acceptors (Lipinski definition) is 6. The molecular weight excluding hydrogens is 475 g/mol. The van der Waals surface area contributed by atoms with Gasteiger partial charge in [0.15, 0.2) is 0 Å². The fourth-order valence-electron chi connectivity index (χ4n) is 3.71. The van der Waals surface area contributed by atoms with Gasteiger partial charge in [0.05, 0.1) is 44.0 Å². The van der Waals surface area contributed by atoms with E-state index < -0.39 is 17.6 Å². The Hall–Kier alpha value is -3.41. The van der Waals surface area contributed by atoms with E-state index in [-0.39, 0.29) is 6.54 Å². The van der Waals surface area contributed by atoms with E-state index in [4.69, 9.17) is 20.9 Å². The average Bonchev–Trinajstić information content (AvgIpc) is 3.27. The summed E-state index contributed by atoms with van der Waals surface area (Å²) in [7, 11) is 1.83. The Labute approximate surface area is 207 Å². The van der Waals surface area contributed by atoms with Gasteiger partial charge in [-0.3, -0.25) is 4.79 Å². The number of ether oxygens (including phenoxy) is 2. The normalized spacial score (nSPS) is 11.6. The highest BCUT2D eigenvalue weighted by Gasteiger charge is 2.30. The predicted octanol–water partition coefficient (Wildman–Crippen LogP) is 3.35. The molecule has 3 aromatic rings. The smallest absolute Gasteiger partial charge is 0.380 e. The molecule has 0 aliphatic heterocycles. The number of aryl methyl sites for hydroxylation is 1. The number of nitrogens with one attached hydrogen (secondary N) is 1. The first kappa shape index (κ1) is 27.2. The number of anilines is 1. The number of halogens is 3. The lowest BCUT2D eigenvalue weighted by Crippen LogP contribution is -2.17. The maximum Gasteiger partial charge on any atom is 0.416 e. The Morgan fingerprint density at radius 3 is 2.33 bits per heavy atom. The van der Waals surface area contributed by atoms with Gasteiger partial charge in [-0.25, -0.2) is 4.98 Å². The average molecular weight is 506 g/mol. The van der Waals surface area contributed by atoms with Gasteiger partial charge < -0.3 is 30.8 Å². The molecule has 194 valence electrons. The van der Waals surface area contributed by atoms with Crippen LogP contribution in [0.15, 0.2) is 48.9 Å². The summed E-state index contributed by atoms with van der Waals surface area (Å²) in [5, 5.41) is 3.27. The molecule has 8 nitrogen and oxygen atoms in total. The van der Waals surface area contributed by atoms with Gasteiger partial charge in [0.2, 0.25) is 5.91 Å². The van der Waals surface area contributed by atoms with E-state index in [0.29, 0.717) is 73.0 Å². The first-order valence-electron chi connectivity index (χ1n) is 11.4. The fraction of sp³-hybridized carbons (Fsp3) is 0.360. The molecule has 2 aromatic carbocycles. The van der Waals surface area contributed by atoms with Crippen LogP contribution in [0.5, 0.6) is 0 Å². The van der Waals surface area contributed by atoms with E-state index in [9.17, 15) is 18.0 Å². The van der Waals surface area contributed by atoms with Gasteiger partial charge in [0, 0.05) is 43.1 Å². The molecule has 11 heteroatoms. The van der Waals surface area contributed by atoms with Crippen molar-refractivity contribution in [1.82, 2.24) is 9.55 Å². The second kappa shape index (κ2) is 12.5. The third-order valence-electron chi connectivity index (χ3n) is 5.43.